The van der Waals surface area contributed by atoms with E-state index in [2.05, 4.69) is 9.97 Å². The molecule has 23 heavy (non-hydrogen) atoms. The number of nitrogens with zero attached hydrogens (tertiary/aromatic N) is 3. The van der Waals surface area contributed by atoms with Gasteiger partial charge in [0.2, 0.25) is 11.8 Å². The average molecular weight is 312 g/mol. The Morgan fingerprint density at radius 2 is 2.13 bits per heavy atom. The van der Waals surface area contributed by atoms with Gasteiger partial charge in [0.05, 0.1) is 23.6 Å². The number of nitrogens with one attached hydrogen (secondary N) is 1. The molecule has 2 amide bonds. The van der Waals surface area contributed by atoms with E-state index in [1.807, 2.05) is 29.2 Å². The minimum Gasteiger partial charge on any atom is -0.340 e. The van der Waals surface area contributed by atoms with Crippen LogP contribution in [0.1, 0.15) is 37.5 Å². The van der Waals surface area contributed by atoms with E-state index >= 15 is 0 Å². The van der Waals surface area contributed by atoms with Gasteiger partial charge >= 0.3 is 0 Å². The van der Waals surface area contributed by atoms with Crippen molar-refractivity contribution in [2.45, 2.75) is 31.7 Å². The van der Waals surface area contributed by atoms with Crippen molar-refractivity contribution in [3.05, 3.63) is 30.1 Å². The van der Waals surface area contributed by atoms with Crippen LogP contribution in [0.15, 0.2) is 24.3 Å². The molecule has 2 aromatic rings. The van der Waals surface area contributed by atoms with Crippen molar-refractivity contribution in [1.82, 2.24) is 19.8 Å². The molecule has 4 rings (SSSR count). The van der Waals surface area contributed by atoms with Gasteiger partial charge in [-0.05, 0) is 31.4 Å². The first-order valence-corrected chi connectivity index (χ1v) is 8.24. The van der Waals surface area contributed by atoms with Crippen LogP contribution in [0.2, 0.25) is 0 Å². The molecule has 1 aromatic carbocycles. The zero-order valence-corrected chi connectivity index (χ0v) is 13.0. The lowest BCUT2D eigenvalue weighted by Crippen LogP contribution is -2.40. The van der Waals surface area contributed by atoms with Gasteiger partial charge in [0, 0.05) is 19.5 Å². The van der Waals surface area contributed by atoms with E-state index in [1.54, 1.807) is 4.90 Å². The van der Waals surface area contributed by atoms with Gasteiger partial charge in [0.1, 0.15) is 5.82 Å². The van der Waals surface area contributed by atoms with Crippen LogP contribution >= 0.6 is 0 Å². The predicted molar refractivity (Wildman–Crippen MR) is 85.6 cm³/mol. The van der Waals surface area contributed by atoms with Crippen LogP contribution in [0.5, 0.6) is 0 Å². The molecule has 3 heterocycles. The Kier molecular flexibility index (Phi) is 3.52. The number of amides is 2. The van der Waals surface area contributed by atoms with Crippen LogP contribution < -0.4 is 0 Å². The lowest BCUT2D eigenvalue weighted by Gasteiger charge is -2.25. The second kappa shape index (κ2) is 5.68. The number of benzene rings is 1. The zero-order chi connectivity index (χ0) is 15.8. The largest absolute Gasteiger partial charge is 0.340 e. The smallest absolute Gasteiger partial charge is 0.242 e. The number of hydrogen-bond acceptors (Lipinski definition) is 3. The summed E-state index contributed by atoms with van der Waals surface area (Å²) in [5, 5.41) is 0. The van der Waals surface area contributed by atoms with Crippen molar-refractivity contribution >= 4 is 22.8 Å². The molecule has 0 saturated carbocycles. The molecule has 6 nitrogen and oxygen atoms in total. The number of rotatable bonds is 3. The molecule has 2 aliphatic rings. The molecule has 6 heteroatoms. The molecule has 1 N–H and O–H groups in total. The SMILES string of the molecule is O=C1CCCN1CC(=O)N1CCCC1c1nc2ccccc2[nH]1. The molecule has 0 radical (unpaired) electrons. The van der Waals surface area contributed by atoms with E-state index in [4.69, 9.17) is 0 Å². The van der Waals surface area contributed by atoms with Crippen molar-refractivity contribution in [1.29, 1.82) is 0 Å². The van der Waals surface area contributed by atoms with Crippen LogP contribution in [0.25, 0.3) is 11.0 Å². The molecule has 1 atom stereocenters. The van der Waals surface area contributed by atoms with Crippen LogP contribution in [-0.4, -0.2) is 51.2 Å². The molecular weight excluding hydrogens is 292 g/mol. The molecule has 0 bridgehead atoms. The van der Waals surface area contributed by atoms with E-state index in [0.717, 1.165) is 42.7 Å². The van der Waals surface area contributed by atoms with Crippen molar-refractivity contribution in [3.63, 3.8) is 0 Å². The lowest BCUT2D eigenvalue weighted by atomic mass is 10.2. The van der Waals surface area contributed by atoms with E-state index in [0.29, 0.717) is 13.0 Å². The highest BCUT2D eigenvalue weighted by Gasteiger charge is 2.34. The summed E-state index contributed by atoms with van der Waals surface area (Å²) in [5.41, 5.74) is 1.92. The second-order valence-electron chi connectivity index (χ2n) is 6.30. The van der Waals surface area contributed by atoms with Crippen LogP contribution in [0, 0.1) is 0 Å². The summed E-state index contributed by atoms with van der Waals surface area (Å²) >= 11 is 0. The standard InChI is InChI=1S/C17H20N4O2/c22-15-8-4-9-20(15)11-16(23)21-10-3-7-14(21)17-18-12-5-1-2-6-13(12)19-17/h1-2,5-6,14H,3-4,7-11H2,(H,18,19). The summed E-state index contributed by atoms with van der Waals surface area (Å²) in [4.78, 5) is 35.9. The molecular formula is C17H20N4O2. The number of fused-ring (bicyclic) bond motifs is 1. The normalized spacial score (nSPS) is 21.6. The fourth-order valence-corrected chi connectivity index (χ4v) is 3.61. The number of H-pyrrole nitrogens is 1. The number of imidazole rings is 1. The fraction of sp³-hybridized carbons (Fsp3) is 0.471. The predicted octanol–water partition coefficient (Wildman–Crippen LogP) is 1.85. The first kappa shape index (κ1) is 14.2. The van der Waals surface area contributed by atoms with Crippen LogP contribution in [0.4, 0.5) is 0 Å². The maximum atomic E-state index is 12.6. The van der Waals surface area contributed by atoms with Crippen LogP contribution in [-0.2, 0) is 9.59 Å². The fourth-order valence-electron chi connectivity index (χ4n) is 3.61. The van der Waals surface area contributed by atoms with Gasteiger partial charge in [-0.25, -0.2) is 4.98 Å². The monoisotopic (exact) mass is 312 g/mol. The van der Waals surface area contributed by atoms with Gasteiger partial charge in [0.25, 0.3) is 0 Å². The number of aromatic nitrogens is 2. The highest BCUT2D eigenvalue weighted by Crippen LogP contribution is 2.31. The Bertz CT molecular complexity index is 721. The van der Waals surface area contributed by atoms with Gasteiger partial charge < -0.3 is 14.8 Å². The topological polar surface area (TPSA) is 69.3 Å². The summed E-state index contributed by atoms with van der Waals surface area (Å²) < 4.78 is 0. The highest BCUT2D eigenvalue weighted by atomic mass is 16.2. The van der Waals surface area contributed by atoms with Crippen molar-refractivity contribution < 1.29 is 9.59 Å². The summed E-state index contributed by atoms with van der Waals surface area (Å²) in [5.74, 6) is 0.978. The van der Waals surface area contributed by atoms with E-state index in [1.165, 1.54) is 0 Å². The third-order valence-electron chi connectivity index (χ3n) is 4.79. The quantitative estimate of drug-likeness (QED) is 0.940. The highest BCUT2D eigenvalue weighted by molar-refractivity contribution is 5.86. The number of para-hydroxylation sites is 2. The molecule has 0 aliphatic carbocycles. The number of carbonyl (C=O) groups excluding carboxylic acids is 2. The van der Waals surface area contributed by atoms with Gasteiger partial charge in [0.15, 0.2) is 0 Å². The summed E-state index contributed by atoms with van der Waals surface area (Å²) in [6.45, 7) is 1.64. The van der Waals surface area contributed by atoms with E-state index in [9.17, 15) is 9.59 Å². The molecule has 120 valence electrons. The van der Waals surface area contributed by atoms with Crippen LogP contribution in [0.3, 0.4) is 0 Å². The minimum atomic E-state index is -0.00685. The molecule has 1 aromatic heterocycles. The van der Waals surface area contributed by atoms with Crippen molar-refractivity contribution in [2.24, 2.45) is 0 Å². The Labute approximate surface area is 134 Å². The third kappa shape index (κ3) is 2.58. The van der Waals surface area contributed by atoms with Crippen molar-refractivity contribution in [2.75, 3.05) is 19.6 Å². The molecule has 2 saturated heterocycles. The Morgan fingerprint density at radius 1 is 1.26 bits per heavy atom. The van der Waals surface area contributed by atoms with Gasteiger partial charge in [-0.3, -0.25) is 9.59 Å². The summed E-state index contributed by atoms with van der Waals surface area (Å²) in [6.07, 6.45) is 3.32. The number of hydrogen-bond donors (Lipinski definition) is 1. The molecule has 2 fully saturated rings. The van der Waals surface area contributed by atoms with Gasteiger partial charge in [-0.1, -0.05) is 12.1 Å². The van der Waals surface area contributed by atoms with E-state index < -0.39 is 0 Å². The van der Waals surface area contributed by atoms with Gasteiger partial charge in [-0.2, -0.15) is 0 Å². The Hall–Kier alpha value is -2.37. The minimum absolute atomic E-state index is 0.00685. The number of aromatic amines is 1. The average Bonchev–Trinajstić information content (AvgIpc) is 3.26. The number of likely N-dealkylation sites (tertiary alicyclic amines) is 2. The van der Waals surface area contributed by atoms with Gasteiger partial charge in [-0.15, -0.1) is 0 Å². The van der Waals surface area contributed by atoms with Crippen molar-refractivity contribution in [3.8, 4) is 0 Å². The third-order valence-corrected chi connectivity index (χ3v) is 4.79. The lowest BCUT2D eigenvalue weighted by molar-refractivity contribution is -0.139. The number of carbonyl (C=O) groups is 2. The first-order valence-electron chi connectivity index (χ1n) is 8.24. The molecule has 2 aliphatic heterocycles. The zero-order valence-electron chi connectivity index (χ0n) is 13.0. The first-order chi connectivity index (χ1) is 11.2. The molecule has 0 spiro atoms. The maximum Gasteiger partial charge on any atom is 0.242 e. The maximum absolute atomic E-state index is 12.6. The summed E-state index contributed by atoms with van der Waals surface area (Å²) in [6, 6.07) is 7.90. The molecule has 1 unspecified atom stereocenters. The summed E-state index contributed by atoms with van der Waals surface area (Å²) in [7, 11) is 0. The Balaban J connectivity index is 1.53. The van der Waals surface area contributed by atoms with E-state index in [-0.39, 0.29) is 24.4 Å². The second-order valence-corrected chi connectivity index (χ2v) is 6.30. The Morgan fingerprint density at radius 3 is 2.91 bits per heavy atom.